The van der Waals surface area contributed by atoms with Crippen LogP contribution in [0, 0.1) is 6.92 Å². The maximum Gasteiger partial charge on any atom is 0.131 e. The highest BCUT2D eigenvalue weighted by atomic mass is 32.1. The van der Waals surface area contributed by atoms with E-state index >= 15 is 0 Å². The third-order valence-electron chi connectivity index (χ3n) is 3.41. The van der Waals surface area contributed by atoms with E-state index in [0.717, 1.165) is 23.4 Å². The van der Waals surface area contributed by atoms with Gasteiger partial charge in [0, 0.05) is 11.4 Å². The van der Waals surface area contributed by atoms with Crippen molar-refractivity contribution in [2.45, 2.75) is 39.8 Å². The summed E-state index contributed by atoms with van der Waals surface area (Å²) in [5.41, 5.74) is 3.45. The van der Waals surface area contributed by atoms with Crippen LogP contribution in [0.25, 0.3) is 0 Å². The van der Waals surface area contributed by atoms with Gasteiger partial charge in [-0.05, 0) is 44.5 Å². The SMILES string of the molecule is CCc1nc(COc2ccc(C(C)NC)cc2C)cs1. The molecule has 2 rings (SSSR count). The summed E-state index contributed by atoms with van der Waals surface area (Å²) in [5.74, 6) is 0.933. The quantitative estimate of drug-likeness (QED) is 0.877. The molecule has 1 aromatic heterocycles. The molecule has 1 aromatic carbocycles. The molecule has 0 aliphatic heterocycles. The average molecular weight is 290 g/mol. The number of aromatic nitrogens is 1. The van der Waals surface area contributed by atoms with Crippen LogP contribution in [0.4, 0.5) is 0 Å². The van der Waals surface area contributed by atoms with E-state index in [4.69, 9.17) is 4.74 Å². The van der Waals surface area contributed by atoms with Crippen LogP contribution in [0.2, 0.25) is 0 Å². The number of hydrogen-bond donors (Lipinski definition) is 1. The Morgan fingerprint density at radius 1 is 1.40 bits per heavy atom. The van der Waals surface area contributed by atoms with E-state index in [1.807, 2.05) is 13.1 Å². The van der Waals surface area contributed by atoms with Gasteiger partial charge in [-0.25, -0.2) is 4.98 Å². The lowest BCUT2D eigenvalue weighted by Gasteiger charge is -2.14. The lowest BCUT2D eigenvalue weighted by molar-refractivity contribution is 0.299. The van der Waals surface area contributed by atoms with Gasteiger partial charge in [-0.3, -0.25) is 0 Å². The molecule has 0 aliphatic rings. The van der Waals surface area contributed by atoms with Crippen LogP contribution in [0.1, 0.15) is 41.7 Å². The molecule has 0 saturated carbocycles. The van der Waals surface area contributed by atoms with Crippen molar-refractivity contribution in [1.29, 1.82) is 0 Å². The monoisotopic (exact) mass is 290 g/mol. The molecule has 2 aromatic rings. The second-order valence-corrected chi connectivity index (χ2v) is 5.85. The summed E-state index contributed by atoms with van der Waals surface area (Å²) in [6.45, 7) is 6.89. The molecular weight excluding hydrogens is 268 g/mol. The molecule has 1 atom stereocenters. The number of nitrogens with zero attached hydrogens (tertiary/aromatic N) is 1. The minimum atomic E-state index is 0.355. The Labute approximate surface area is 125 Å². The lowest BCUT2D eigenvalue weighted by Crippen LogP contribution is -2.12. The molecule has 3 nitrogen and oxygen atoms in total. The standard InChI is InChI=1S/C16H22N2OS/c1-5-16-18-14(10-20-16)9-19-15-7-6-13(8-11(15)2)12(3)17-4/h6-8,10,12,17H,5,9H2,1-4H3. The zero-order valence-electron chi connectivity index (χ0n) is 12.6. The van der Waals surface area contributed by atoms with Crippen LogP contribution in [0.5, 0.6) is 5.75 Å². The number of rotatable bonds is 6. The summed E-state index contributed by atoms with van der Waals surface area (Å²) >= 11 is 1.70. The third-order valence-corrected chi connectivity index (χ3v) is 4.45. The maximum atomic E-state index is 5.87. The van der Waals surface area contributed by atoms with E-state index < -0.39 is 0 Å². The van der Waals surface area contributed by atoms with Crippen molar-refractivity contribution in [3.63, 3.8) is 0 Å². The Kier molecular flexibility index (Phi) is 5.15. The molecule has 1 heterocycles. The number of ether oxygens (including phenoxy) is 1. The first-order valence-corrected chi connectivity index (χ1v) is 7.86. The minimum absolute atomic E-state index is 0.355. The molecule has 0 aliphatic carbocycles. The maximum absolute atomic E-state index is 5.87. The van der Waals surface area contributed by atoms with Gasteiger partial charge in [-0.15, -0.1) is 11.3 Å². The van der Waals surface area contributed by atoms with Crippen molar-refractivity contribution in [3.05, 3.63) is 45.4 Å². The molecular formula is C16H22N2OS. The molecule has 0 amide bonds. The number of thiazole rings is 1. The van der Waals surface area contributed by atoms with Gasteiger partial charge in [0.1, 0.15) is 12.4 Å². The van der Waals surface area contributed by atoms with Crippen molar-refractivity contribution in [2.24, 2.45) is 0 Å². The van der Waals surface area contributed by atoms with Crippen molar-refractivity contribution in [3.8, 4) is 5.75 Å². The predicted octanol–water partition coefficient (Wildman–Crippen LogP) is 3.87. The Hall–Kier alpha value is -1.39. The molecule has 0 spiro atoms. The van der Waals surface area contributed by atoms with Crippen LogP contribution >= 0.6 is 11.3 Å². The Bertz CT molecular complexity index is 565. The molecule has 20 heavy (non-hydrogen) atoms. The first kappa shape index (κ1) is 15.0. The van der Waals surface area contributed by atoms with E-state index in [2.05, 4.69) is 48.6 Å². The topological polar surface area (TPSA) is 34.1 Å². The van der Waals surface area contributed by atoms with Crippen LogP contribution < -0.4 is 10.1 Å². The largest absolute Gasteiger partial charge is 0.487 e. The number of hydrogen-bond acceptors (Lipinski definition) is 4. The molecule has 108 valence electrons. The fourth-order valence-electron chi connectivity index (χ4n) is 2.00. The number of nitrogens with one attached hydrogen (secondary N) is 1. The normalized spacial score (nSPS) is 12.4. The van der Waals surface area contributed by atoms with Crippen molar-refractivity contribution >= 4 is 11.3 Å². The molecule has 0 bridgehead atoms. The second-order valence-electron chi connectivity index (χ2n) is 4.91. The van der Waals surface area contributed by atoms with Gasteiger partial charge in [-0.2, -0.15) is 0 Å². The van der Waals surface area contributed by atoms with Gasteiger partial charge in [0.15, 0.2) is 0 Å². The molecule has 1 N–H and O–H groups in total. The van der Waals surface area contributed by atoms with E-state index in [1.165, 1.54) is 10.6 Å². The first-order valence-electron chi connectivity index (χ1n) is 6.98. The molecule has 0 radical (unpaired) electrons. The van der Waals surface area contributed by atoms with Gasteiger partial charge in [-0.1, -0.05) is 19.1 Å². The van der Waals surface area contributed by atoms with Gasteiger partial charge in [0.05, 0.1) is 10.7 Å². The van der Waals surface area contributed by atoms with Crippen LogP contribution in [-0.4, -0.2) is 12.0 Å². The van der Waals surface area contributed by atoms with Crippen LogP contribution in [-0.2, 0) is 13.0 Å². The first-order chi connectivity index (χ1) is 9.63. The Morgan fingerprint density at radius 2 is 2.20 bits per heavy atom. The zero-order valence-corrected chi connectivity index (χ0v) is 13.4. The summed E-state index contributed by atoms with van der Waals surface area (Å²) in [7, 11) is 1.97. The molecule has 0 fully saturated rings. The predicted molar refractivity (Wildman–Crippen MR) is 84.5 cm³/mol. The van der Waals surface area contributed by atoms with E-state index in [1.54, 1.807) is 11.3 Å². The summed E-state index contributed by atoms with van der Waals surface area (Å²) in [6, 6.07) is 6.69. The molecule has 1 unspecified atom stereocenters. The fourth-order valence-corrected chi connectivity index (χ4v) is 2.73. The number of benzene rings is 1. The molecule has 0 saturated heterocycles. The highest BCUT2D eigenvalue weighted by Crippen LogP contribution is 2.23. The minimum Gasteiger partial charge on any atom is -0.487 e. The highest BCUT2D eigenvalue weighted by molar-refractivity contribution is 7.09. The van der Waals surface area contributed by atoms with Gasteiger partial charge in [0.2, 0.25) is 0 Å². The van der Waals surface area contributed by atoms with Crippen molar-refractivity contribution in [2.75, 3.05) is 7.05 Å². The van der Waals surface area contributed by atoms with Gasteiger partial charge in [0.25, 0.3) is 0 Å². The summed E-state index contributed by atoms with van der Waals surface area (Å²) < 4.78 is 5.87. The fraction of sp³-hybridized carbons (Fsp3) is 0.438. The van der Waals surface area contributed by atoms with Crippen LogP contribution in [0.15, 0.2) is 23.6 Å². The van der Waals surface area contributed by atoms with Crippen molar-refractivity contribution < 1.29 is 4.74 Å². The average Bonchev–Trinajstić information content (AvgIpc) is 2.93. The van der Waals surface area contributed by atoms with Gasteiger partial charge < -0.3 is 10.1 Å². The Morgan fingerprint density at radius 3 is 2.80 bits per heavy atom. The lowest BCUT2D eigenvalue weighted by atomic mass is 10.1. The Balaban J connectivity index is 2.02. The summed E-state index contributed by atoms with van der Waals surface area (Å²) in [5, 5.41) is 6.49. The highest BCUT2D eigenvalue weighted by Gasteiger charge is 2.07. The number of aryl methyl sites for hydroxylation is 2. The smallest absolute Gasteiger partial charge is 0.131 e. The summed E-state index contributed by atoms with van der Waals surface area (Å²) in [6.07, 6.45) is 0.986. The van der Waals surface area contributed by atoms with E-state index in [0.29, 0.717) is 12.6 Å². The van der Waals surface area contributed by atoms with E-state index in [-0.39, 0.29) is 0 Å². The van der Waals surface area contributed by atoms with Crippen LogP contribution in [0.3, 0.4) is 0 Å². The second kappa shape index (κ2) is 6.86. The van der Waals surface area contributed by atoms with E-state index in [9.17, 15) is 0 Å². The van der Waals surface area contributed by atoms with Gasteiger partial charge >= 0.3 is 0 Å². The van der Waals surface area contributed by atoms with Crippen molar-refractivity contribution in [1.82, 2.24) is 10.3 Å². The third kappa shape index (κ3) is 3.58. The molecule has 4 heteroatoms. The summed E-state index contributed by atoms with van der Waals surface area (Å²) in [4.78, 5) is 4.52. The zero-order chi connectivity index (χ0) is 14.5.